The van der Waals surface area contributed by atoms with Crippen LogP contribution in [0.5, 0.6) is 0 Å². The molecule has 0 fully saturated rings. The second-order valence-corrected chi connectivity index (χ2v) is 5.11. The van der Waals surface area contributed by atoms with Crippen LogP contribution in [-0.4, -0.2) is 16.1 Å². The summed E-state index contributed by atoms with van der Waals surface area (Å²) in [6.45, 7) is 3.50. The fourth-order valence-electron chi connectivity index (χ4n) is 2.67. The van der Waals surface area contributed by atoms with Gasteiger partial charge in [-0.15, -0.1) is 0 Å². The molecule has 0 atom stereocenters. The average molecular weight is 265 g/mol. The number of rotatable bonds is 4. The maximum atomic E-state index is 5.71. The smallest absolute Gasteiger partial charge is 0.0648 e. The summed E-state index contributed by atoms with van der Waals surface area (Å²) >= 11 is 0. The molecule has 20 heavy (non-hydrogen) atoms. The summed E-state index contributed by atoms with van der Waals surface area (Å²) in [6, 6.07) is 14.6. The van der Waals surface area contributed by atoms with Crippen molar-refractivity contribution in [3.05, 3.63) is 65.6 Å². The Morgan fingerprint density at radius 3 is 2.75 bits per heavy atom. The van der Waals surface area contributed by atoms with E-state index in [9.17, 15) is 0 Å². The Morgan fingerprint density at radius 2 is 1.95 bits per heavy atom. The number of pyridine rings is 1. The number of nitrogens with two attached hydrogens (primary N) is 1. The van der Waals surface area contributed by atoms with Gasteiger partial charge in [-0.1, -0.05) is 24.3 Å². The van der Waals surface area contributed by atoms with Gasteiger partial charge < -0.3 is 10.3 Å². The van der Waals surface area contributed by atoms with Gasteiger partial charge >= 0.3 is 0 Å². The highest BCUT2D eigenvalue weighted by atomic mass is 15.0. The van der Waals surface area contributed by atoms with Gasteiger partial charge in [0.05, 0.1) is 12.2 Å². The summed E-state index contributed by atoms with van der Waals surface area (Å²) in [5, 5.41) is 1.30. The zero-order chi connectivity index (χ0) is 13.9. The molecule has 1 aromatic carbocycles. The summed E-state index contributed by atoms with van der Waals surface area (Å²) < 4.78 is 2.27. The highest BCUT2D eigenvalue weighted by Crippen LogP contribution is 2.22. The van der Waals surface area contributed by atoms with Crippen LogP contribution in [0.4, 0.5) is 0 Å². The van der Waals surface area contributed by atoms with Crippen LogP contribution in [0.3, 0.4) is 0 Å². The Morgan fingerprint density at radius 1 is 1.10 bits per heavy atom. The molecule has 0 saturated heterocycles. The van der Waals surface area contributed by atoms with Crippen molar-refractivity contribution in [2.24, 2.45) is 5.73 Å². The molecule has 3 rings (SSSR count). The van der Waals surface area contributed by atoms with E-state index in [1.165, 1.54) is 16.5 Å². The van der Waals surface area contributed by atoms with Gasteiger partial charge in [-0.2, -0.15) is 0 Å². The van der Waals surface area contributed by atoms with Gasteiger partial charge in [0.1, 0.15) is 0 Å². The summed E-state index contributed by atoms with van der Waals surface area (Å²) in [6.07, 6.45) is 3.12. The standard InChI is InChI=1S/C17H19N3/c1-13-5-4-6-15(19-13)12-20-11-14(9-10-18)16-7-2-3-8-17(16)20/h2-8,11H,9-10,12,18H2,1H3. The molecule has 2 N–H and O–H groups in total. The minimum absolute atomic E-state index is 0.677. The van der Waals surface area contributed by atoms with Crippen LogP contribution >= 0.6 is 0 Å². The molecule has 0 unspecified atom stereocenters. The normalized spacial score (nSPS) is 11.1. The highest BCUT2D eigenvalue weighted by Gasteiger charge is 2.08. The third-order valence-electron chi connectivity index (χ3n) is 3.56. The largest absolute Gasteiger partial charge is 0.341 e. The molecule has 0 radical (unpaired) electrons. The number of benzene rings is 1. The van der Waals surface area contributed by atoms with E-state index in [0.717, 1.165) is 24.4 Å². The number of nitrogens with zero attached hydrogens (tertiary/aromatic N) is 2. The van der Waals surface area contributed by atoms with Gasteiger partial charge in [0.25, 0.3) is 0 Å². The molecule has 3 heteroatoms. The van der Waals surface area contributed by atoms with Gasteiger partial charge in [0.2, 0.25) is 0 Å². The lowest BCUT2D eigenvalue weighted by Crippen LogP contribution is -2.03. The van der Waals surface area contributed by atoms with E-state index in [-0.39, 0.29) is 0 Å². The molecule has 3 nitrogen and oxygen atoms in total. The number of aromatic nitrogens is 2. The predicted octanol–water partition coefficient (Wildman–Crippen LogP) is 2.89. The van der Waals surface area contributed by atoms with Crippen molar-refractivity contribution < 1.29 is 0 Å². The minimum Gasteiger partial charge on any atom is -0.341 e. The molecule has 0 bridgehead atoms. The number of aryl methyl sites for hydroxylation is 1. The lowest BCUT2D eigenvalue weighted by atomic mass is 10.1. The van der Waals surface area contributed by atoms with Crippen molar-refractivity contribution in [3.63, 3.8) is 0 Å². The van der Waals surface area contributed by atoms with E-state index in [0.29, 0.717) is 6.54 Å². The molecule has 0 aliphatic rings. The zero-order valence-corrected chi connectivity index (χ0v) is 11.7. The molecule has 0 spiro atoms. The Labute approximate surface area is 119 Å². The van der Waals surface area contributed by atoms with Crippen LogP contribution in [-0.2, 0) is 13.0 Å². The SMILES string of the molecule is Cc1cccc(Cn2cc(CCN)c3ccccc32)n1. The zero-order valence-electron chi connectivity index (χ0n) is 11.7. The molecule has 102 valence electrons. The summed E-state index contributed by atoms with van der Waals surface area (Å²) in [4.78, 5) is 4.58. The Balaban J connectivity index is 2.03. The van der Waals surface area contributed by atoms with Gasteiger partial charge in [-0.25, -0.2) is 0 Å². The maximum absolute atomic E-state index is 5.71. The topological polar surface area (TPSA) is 43.8 Å². The van der Waals surface area contributed by atoms with E-state index < -0.39 is 0 Å². The van der Waals surface area contributed by atoms with Crippen LogP contribution in [0.1, 0.15) is 17.0 Å². The Hall–Kier alpha value is -2.13. The van der Waals surface area contributed by atoms with Crippen molar-refractivity contribution >= 4 is 10.9 Å². The third kappa shape index (κ3) is 2.45. The van der Waals surface area contributed by atoms with Gasteiger partial charge in [-0.05, 0) is 43.7 Å². The minimum atomic E-state index is 0.677. The second kappa shape index (κ2) is 5.47. The quantitative estimate of drug-likeness (QED) is 0.788. The monoisotopic (exact) mass is 265 g/mol. The first-order valence-electron chi connectivity index (χ1n) is 6.97. The molecular weight excluding hydrogens is 246 g/mol. The lowest BCUT2D eigenvalue weighted by molar-refractivity contribution is 0.796. The van der Waals surface area contributed by atoms with Crippen molar-refractivity contribution in [1.29, 1.82) is 0 Å². The van der Waals surface area contributed by atoms with Crippen molar-refractivity contribution in [3.8, 4) is 0 Å². The third-order valence-corrected chi connectivity index (χ3v) is 3.56. The second-order valence-electron chi connectivity index (χ2n) is 5.11. The van der Waals surface area contributed by atoms with E-state index in [4.69, 9.17) is 5.73 Å². The number of hydrogen-bond acceptors (Lipinski definition) is 2. The molecule has 2 aromatic heterocycles. The van der Waals surface area contributed by atoms with Crippen molar-refractivity contribution in [2.75, 3.05) is 6.54 Å². The average Bonchev–Trinajstić information content (AvgIpc) is 2.78. The van der Waals surface area contributed by atoms with Gasteiger partial charge in [0.15, 0.2) is 0 Å². The van der Waals surface area contributed by atoms with E-state index in [1.807, 2.05) is 13.0 Å². The molecule has 0 amide bonds. The number of hydrogen-bond donors (Lipinski definition) is 1. The summed E-state index contributed by atoms with van der Waals surface area (Å²) in [5.74, 6) is 0. The fourth-order valence-corrected chi connectivity index (χ4v) is 2.67. The molecule has 0 saturated carbocycles. The van der Waals surface area contributed by atoms with E-state index in [2.05, 4.69) is 52.1 Å². The van der Waals surface area contributed by atoms with Crippen LogP contribution in [0.2, 0.25) is 0 Å². The molecule has 3 aromatic rings. The van der Waals surface area contributed by atoms with Gasteiger partial charge in [0, 0.05) is 22.8 Å². The van der Waals surface area contributed by atoms with Gasteiger partial charge in [-0.3, -0.25) is 4.98 Å². The van der Waals surface area contributed by atoms with Crippen LogP contribution < -0.4 is 5.73 Å². The molecule has 0 aliphatic heterocycles. The maximum Gasteiger partial charge on any atom is 0.0648 e. The van der Waals surface area contributed by atoms with Crippen LogP contribution in [0.15, 0.2) is 48.7 Å². The van der Waals surface area contributed by atoms with E-state index in [1.54, 1.807) is 0 Å². The number of fused-ring (bicyclic) bond motifs is 1. The predicted molar refractivity (Wildman–Crippen MR) is 82.8 cm³/mol. The fraction of sp³-hybridized carbons (Fsp3) is 0.235. The Kier molecular flexibility index (Phi) is 3.52. The molecular formula is C17H19N3. The summed E-state index contributed by atoms with van der Waals surface area (Å²) in [5.41, 5.74) is 10.4. The Bertz CT molecular complexity index is 728. The first-order valence-corrected chi connectivity index (χ1v) is 6.97. The first kappa shape index (κ1) is 12.9. The lowest BCUT2D eigenvalue weighted by Gasteiger charge is -2.05. The van der Waals surface area contributed by atoms with Crippen LogP contribution in [0, 0.1) is 6.92 Å². The first-order chi connectivity index (χ1) is 9.78. The molecule has 0 aliphatic carbocycles. The van der Waals surface area contributed by atoms with Crippen LogP contribution in [0.25, 0.3) is 10.9 Å². The summed E-state index contributed by atoms with van der Waals surface area (Å²) in [7, 11) is 0. The molecule has 2 heterocycles. The highest BCUT2D eigenvalue weighted by molar-refractivity contribution is 5.84. The van der Waals surface area contributed by atoms with Crippen molar-refractivity contribution in [2.45, 2.75) is 19.9 Å². The van der Waals surface area contributed by atoms with Crippen molar-refractivity contribution in [1.82, 2.24) is 9.55 Å². The van der Waals surface area contributed by atoms with E-state index >= 15 is 0 Å². The number of para-hydroxylation sites is 1.